The maximum Gasteiger partial charge on any atom is 3.00 e. The predicted octanol–water partition coefficient (Wildman–Crippen LogP) is -1.43. The van der Waals surface area contributed by atoms with Crippen molar-refractivity contribution in [3.63, 3.8) is 0 Å². The fourth-order valence-electron chi connectivity index (χ4n) is 0. The molecular weight excluding hydrogens is 1090 g/mol. The minimum Gasteiger partial charge on any atom is -2.00 e. The van der Waals surface area contributed by atoms with Crippen LogP contribution < -0.4 is 0 Å². The molecule has 0 aromatic carbocycles. The summed E-state index contributed by atoms with van der Waals surface area (Å²) in [7, 11) is 0. The van der Waals surface area contributed by atoms with Gasteiger partial charge < -0.3 is 65.7 Å². The molecule has 0 aromatic rings. The van der Waals surface area contributed by atoms with Crippen LogP contribution in [0.25, 0.3) is 0 Å². The van der Waals surface area contributed by atoms with Gasteiger partial charge >= 0.3 is 73.7 Å². The summed E-state index contributed by atoms with van der Waals surface area (Å²) >= 11 is 0. The van der Waals surface area contributed by atoms with Gasteiger partial charge in [-0.15, -0.1) is 0 Å². The van der Waals surface area contributed by atoms with Crippen LogP contribution in [0.15, 0.2) is 0 Å². The van der Waals surface area contributed by atoms with E-state index in [1.54, 1.807) is 0 Å². The van der Waals surface area contributed by atoms with Gasteiger partial charge in [-0.25, -0.2) is 0 Å². The van der Waals surface area contributed by atoms with E-state index in [-0.39, 0.29) is 203 Å². The first-order valence-electron chi connectivity index (χ1n) is 0. The molecule has 0 fully saturated rings. The Kier molecular flexibility index (Phi) is 13400. The van der Waals surface area contributed by atoms with Gasteiger partial charge in [-0.05, 0) is 0 Å². The van der Waals surface area contributed by atoms with E-state index in [0.717, 1.165) is 0 Å². The van der Waals surface area contributed by atoms with Crippen LogP contribution in [0, 0.1) is 73.7 Å². The van der Waals surface area contributed by atoms with Crippen LogP contribution in [0.4, 0.5) is 0 Å². The SMILES string of the molecule is [Lu+3].[Lu+3].[O-2].[O-2].[O-2].[O-2].[O-2].[O-2].[O-2].[O-2].[O-2].[O-2].[O-2].[O-2].[W].[W].[W]. The molecule has 0 saturated heterocycles. The second-order valence-corrected chi connectivity index (χ2v) is 0. The number of hydrogen-bond acceptors (Lipinski definition) is 0. The Bertz CT molecular complexity index is 19.7. The molecule has 0 aromatic heterocycles. The first-order valence-corrected chi connectivity index (χ1v) is 0. The third-order valence-electron chi connectivity index (χ3n) is 0. The maximum absolute atomic E-state index is 0. The number of rotatable bonds is 0. The summed E-state index contributed by atoms with van der Waals surface area (Å²) in [5.74, 6) is 0. The molecule has 0 saturated carbocycles. The van der Waals surface area contributed by atoms with Crippen LogP contribution in [0.2, 0.25) is 0 Å². The minimum atomic E-state index is 0. The van der Waals surface area contributed by atoms with Crippen LogP contribution in [0.5, 0.6) is 0 Å². The Morgan fingerprint density at radius 1 is 0.176 bits per heavy atom. The summed E-state index contributed by atoms with van der Waals surface area (Å²) < 4.78 is 0. The summed E-state index contributed by atoms with van der Waals surface area (Å²) in [5.41, 5.74) is 0. The van der Waals surface area contributed by atoms with Gasteiger partial charge in [0.25, 0.3) is 0 Å². The average Bonchev–Trinajstić information content (AvgIpc) is 0. The molecule has 0 radical (unpaired) electrons. The van der Waals surface area contributed by atoms with Crippen molar-refractivity contribution in [2.45, 2.75) is 0 Å². The molecule has 17 heavy (non-hydrogen) atoms. The molecule has 0 bridgehead atoms. The van der Waals surface area contributed by atoms with Crippen molar-refractivity contribution in [3.05, 3.63) is 0 Å². The van der Waals surface area contributed by atoms with Crippen LogP contribution in [-0.4, -0.2) is 0 Å². The topological polar surface area (TPSA) is 342 Å². The molecule has 17 heteroatoms. The van der Waals surface area contributed by atoms with Gasteiger partial charge in [-0.1, -0.05) is 0 Å². The fourth-order valence-corrected chi connectivity index (χ4v) is 0. The smallest absolute Gasteiger partial charge is 2.00 e. The third-order valence-corrected chi connectivity index (χ3v) is 0. The van der Waals surface area contributed by atoms with Crippen LogP contribution in [0.1, 0.15) is 0 Å². The van der Waals surface area contributed by atoms with Crippen molar-refractivity contribution in [1.29, 1.82) is 0 Å². The zero-order valence-corrected chi connectivity index (χ0v) is 18.8. The van der Waals surface area contributed by atoms with Crippen molar-refractivity contribution in [3.8, 4) is 0 Å². The second-order valence-electron chi connectivity index (χ2n) is 0. The molecular formula is Lu2O12W3-18. The molecule has 0 amide bonds. The molecule has 0 unspecified atom stereocenters. The summed E-state index contributed by atoms with van der Waals surface area (Å²) in [4.78, 5) is 0. The molecule has 0 aliphatic rings. The van der Waals surface area contributed by atoms with E-state index in [9.17, 15) is 0 Å². The average molecular weight is 1090 g/mol. The summed E-state index contributed by atoms with van der Waals surface area (Å²) in [6.07, 6.45) is 0. The zero-order valence-electron chi connectivity index (χ0n) is 6.64. The maximum atomic E-state index is 0. The fraction of sp³-hybridized carbons (Fsp3) is 0. The third kappa shape index (κ3) is 398. The predicted molar refractivity (Wildman–Crippen MR) is 8.24 cm³/mol. The molecule has 0 aliphatic heterocycles. The second kappa shape index (κ2) is 443. The molecule has 0 rings (SSSR count). The van der Waals surface area contributed by atoms with Crippen LogP contribution in [-0.2, 0) is 129 Å². The van der Waals surface area contributed by atoms with Gasteiger partial charge in [0.2, 0.25) is 0 Å². The van der Waals surface area contributed by atoms with E-state index in [2.05, 4.69) is 0 Å². The van der Waals surface area contributed by atoms with E-state index in [0.29, 0.717) is 0 Å². The summed E-state index contributed by atoms with van der Waals surface area (Å²) in [5, 5.41) is 0. The van der Waals surface area contributed by atoms with E-state index < -0.39 is 0 Å². The summed E-state index contributed by atoms with van der Waals surface area (Å²) in [6.45, 7) is 0. The van der Waals surface area contributed by atoms with Gasteiger partial charge in [-0.3, -0.25) is 0 Å². The normalized spacial score (nSPS) is 0. The molecule has 0 spiro atoms. The van der Waals surface area contributed by atoms with Gasteiger partial charge in [-0.2, -0.15) is 0 Å². The first kappa shape index (κ1) is 515. The van der Waals surface area contributed by atoms with Gasteiger partial charge in [0.1, 0.15) is 0 Å². The quantitative estimate of drug-likeness (QED) is 0.269. The molecule has 0 N–H and O–H groups in total. The molecule has 0 aliphatic carbocycles. The molecule has 138 valence electrons. The number of hydrogen-bond donors (Lipinski definition) is 0. The van der Waals surface area contributed by atoms with E-state index >= 15 is 0 Å². The van der Waals surface area contributed by atoms with Crippen molar-refractivity contribution >= 4 is 0 Å². The van der Waals surface area contributed by atoms with Gasteiger partial charge in [0.15, 0.2) is 0 Å². The van der Waals surface area contributed by atoms with Crippen molar-refractivity contribution in [1.82, 2.24) is 0 Å². The molecule has 12 nitrogen and oxygen atoms in total. The monoisotopic (exact) mass is 1090 g/mol. The van der Waals surface area contributed by atoms with E-state index in [4.69, 9.17) is 0 Å². The Morgan fingerprint density at radius 3 is 0.176 bits per heavy atom. The Hall–Kier alpha value is 4.05. The molecule has 0 heterocycles. The van der Waals surface area contributed by atoms with Gasteiger partial charge in [0, 0.05) is 63.2 Å². The van der Waals surface area contributed by atoms with E-state index in [1.807, 2.05) is 0 Å². The Balaban J connectivity index is 0. The van der Waals surface area contributed by atoms with Crippen molar-refractivity contribution in [2.24, 2.45) is 0 Å². The largest absolute Gasteiger partial charge is 3.00 e. The van der Waals surface area contributed by atoms with Crippen molar-refractivity contribution < 1.29 is 203 Å². The Labute approximate surface area is 199 Å². The minimum absolute atomic E-state index is 0. The van der Waals surface area contributed by atoms with Crippen LogP contribution in [0.3, 0.4) is 0 Å². The van der Waals surface area contributed by atoms with E-state index in [1.165, 1.54) is 0 Å². The van der Waals surface area contributed by atoms with Crippen molar-refractivity contribution in [2.75, 3.05) is 0 Å². The first-order chi connectivity index (χ1) is 0. The zero-order chi connectivity index (χ0) is 0. The molecule has 0 atom stereocenters. The Morgan fingerprint density at radius 2 is 0.176 bits per heavy atom. The summed E-state index contributed by atoms with van der Waals surface area (Å²) in [6, 6.07) is 0. The van der Waals surface area contributed by atoms with Gasteiger partial charge in [0.05, 0.1) is 0 Å². The standard InChI is InChI=1S/2Lu.12O.3W/q2*+3;12*-2;;;. The van der Waals surface area contributed by atoms with Crippen LogP contribution >= 0.6 is 0 Å².